The molecule has 0 saturated heterocycles. The summed E-state index contributed by atoms with van der Waals surface area (Å²) in [4.78, 5) is 0. The van der Waals surface area contributed by atoms with Crippen LogP contribution in [-0.2, 0) is 0 Å². The molecule has 66 valence electrons. The van der Waals surface area contributed by atoms with Crippen molar-refractivity contribution >= 4 is 0 Å². The van der Waals surface area contributed by atoms with Crippen LogP contribution < -0.4 is 5.73 Å². The van der Waals surface area contributed by atoms with Gasteiger partial charge in [0.2, 0.25) is 0 Å². The fraction of sp³-hybridized carbons (Fsp3) is 0.400. The molecule has 2 heteroatoms. The van der Waals surface area contributed by atoms with E-state index in [1.165, 1.54) is 17.7 Å². The summed E-state index contributed by atoms with van der Waals surface area (Å²) in [5.41, 5.74) is 6.63. The van der Waals surface area contributed by atoms with Crippen LogP contribution >= 0.6 is 0 Å². The minimum atomic E-state index is -0.169. The molecule has 0 aromatic rings. The summed E-state index contributed by atoms with van der Waals surface area (Å²) in [5, 5.41) is 0. The SMILES string of the molecule is NCCCC1=CC=C(F)C=CC1. The normalized spacial score (nSPS) is 16.8. The van der Waals surface area contributed by atoms with Crippen LogP contribution in [0.2, 0.25) is 0 Å². The third-order valence-corrected chi connectivity index (χ3v) is 1.84. The lowest BCUT2D eigenvalue weighted by Crippen LogP contribution is -1.98. The van der Waals surface area contributed by atoms with Gasteiger partial charge in [-0.25, -0.2) is 4.39 Å². The van der Waals surface area contributed by atoms with E-state index < -0.39 is 0 Å². The Morgan fingerprint density at radius 1 is 1.42 bits per heavy atom. The van der Waals surface area contributed by atoms with Gasteiger partial charge in [-0.05, 0) is 38.0 Å². The summed E-state index contributed by atoms with van der Waals surface area (Å²) >= 11 is 0. The van der Waals surface area contributed by atoms with Crippen LogP contribution in [0.3, 0.4) is 0 Å². The van der Waals surface area contributed by atoms with Gasteiger partial charge in [0.15, 0.2) is 0 Å². The van der Waals surface area contributed by atoms with Gasteiger partial charge in [0, 0.05) is 0 Å². The first kappa shape index (κ1) is 9.20. The van der Waals surface area contributed by atoms with E-state index in [1.54, 1.807) is 0 Å². The second-order valence-electron chi connectivity index (χ2n) is 2.88. The maximum Gasteiger partial charge on any atom is 0.122 e. The van der Waals surface area contributed by atoms with E-state index in [1.807, 2.05) is 12.2 Å². The highest BCUT2D eigenvalue weighted by atomic mass is 19.1. The van der Waals surface area contributed by atoms with E-state index in [0.717, 1.165) is 19.3 Å². The molecule has 1 aliphatic rings. The Balaban J connectivity index is 2.50. The van der Waals surface area contributed by atoms with E-state index in [0.29, 0.717) is 6.54 Å². The van der Waals surface area contributed by atoms with Gasteiger partial charge in [-0.1, -0.05) is 17.7 Å². The quantitative estimate of drug-likeness (QED) is 0.686. The van der Waals surface area contributed by atoms with E-state index in [2.05, 4.69) is 0 Å². The van der Waals surface area contributed by atoms with Crippen LogP contribution in [0.5, 0.6) is 0 Å². The van der Waals surface area contributed by atoms with Crippen LogP contribution in [-0.4, -0.2) is 6.54 Å². The lowest BCUT2D eigenvalue weighted by Gasteiger charge is -2.00. The second kappa shape index (κ2) is 4.88. The van der Waals surface area contributed by atoms with Gasteiger partial charge >= 0.3 is 0 Å². The lowest BCUT2D eigenvalue weighted by molar-refractivity contribution is 0.667. The molecule has 0 fully saturated rings. The smallest absolute Gasteiger partial charge is 0.122 e. The molecule has 0 aromatic carbocycles. The molecule has 0 aliphatic heterocycles. The topological polar surface area (TPSA) is 26.0 Å². The summed E-state index contributed by atoms with van der Waals surface area (Å²) in [5.74, 6) is -0.169. The predicted molar refractivity (Wildman–Crippen MR) is 49.3 cm³/mol. The third-order valence-electron chi connectivity index (χ3n) is 1.84. The molecule has 2 N–H and O–H groups in total. The van der Waals surface area contributed by atoms with Gasteiger partial charge in [-0.3, -0.25) is 0 Å². The molecular weight excluding hydrogens is 153 g/mol. The summed E-state index contributed by atoms with van der Waals surface area (Å²) in [6.07, 6.45) is 9.52. The van der Waals surface area contributed by atoms with Crippen LogP contribution in [0.1, 0.15) is 19.3 Å². The van der Waals surface area contributed by atoms with Crippen molar-refractivity contribution < 1.29 is 4.39 Å². The zero-order valence-corrected chi connectivity index (χ0v) is 7.09. The zero-order chi connectivity index (χ0) is 8.81. The molecule has 1 aliphatic carbocycles. The molecule has 12 heavy (non-hydrogen) atoms. The lowest BCUT2D eigenvalue weighted by atomic mass is 10.1. The fourth-order valence-corrected chi connectivity index (χ4v) is 1.16. The van der Waals surface area contributed by atoms with Crippen LogP contribution in [0.4, 0.5) is 4.39 Å². The molecule has 0 saturated carbocycles. The summed E-state index contributed by atoms with van der Waals surface area (Å²) in [6, 6.07) is 0. The maximum atomic E-state index is 12.6. The third kappa shape index (κ3) is 3.01. The molecule has 1 rings (SSSR count). The zero-order valence-electron chi connectivity index (χ0n) is 7.09. The number of nitrogens with two attached hydrogens (primary N) is 1. The van der Waals surface area contributed by atoms with Crippen LogP contribution in [0.25, 0.3) is 0 Å². The minimum Gasteiger partial charge on any atom is -0.330 e. The van der Waals surface area contributed by atoms with Crippen LogP contribution in [0.15, 0.2) is 35.7 Å². The average Bonchev–Trinajstić information content (AvgIpc) is 2.27. The molecule has 0 spiro atoms. The second-order valence-corrected chi connectivity index (χ2v) is 2.88. The highest BCUT2D eigenvalue weighted by Crippen LogP contribution is 2.15. The minimum absolute atomic E-state index is 0.169. The van der Waals surface area contributed by atoms with Crippen molar-refractivity contribution in [2.45, 2.75) is 19.3 Å². The molecule has 0 amide bonds. The largest absolute Gasteiger partial charge is 0.330 e. The maximum absolute atomic E-state index is 12.6. The molecule has 1 nitrogen and oxygen atoms in total. The molecule has 0 atom stereocenters. The average molecular weight is 167 g/mol. The first-order valence-corrected chi connectivity index (χ1v) is 4.25. The van der Waals surface area contributed by atoms with Crippen molar-refractivity contribution in [3.05, 3.63) is 35.7 Å². The summed E-state index contributed by atoms with van der Waals surface area (Å²) in [7, 11) is 0. The van der Waals surface area contributed by atoms with Crippen molar-refractivity contribution in [2.75, 3.05) is 6.54 Å². The first-order chi connectivity index (χ1) is 5.83. The van der Waals surface area contributed by atoms with Crippen molar-refractivity contribution in [1.29, 1.82) is 0 Å². The Morgan fingerprint density at radius 3 is 3.00 bits per heavy atom. The summed E-state index contributed by atoms with van der Waals surface area (Å²) in [6.45, 7) is 0.702. The molecule has 0 bridgehead atoms. The molecule has 0 aromatic heterocycles. The van der Waals surface area contributed by atoms with Crippen LogP contribution in [0, 0.1) is 0 Å². The van der Waals surface area contributed by atoms with E-state index in [4.69, 9.17) is 5.73 Å². The molecule has 0 heterocycles. The van der Waals surface area contributed by atoms with Crippen molar-refractivity contribution in [3.8, 4) is 0 Å². The van der Waals surface area contributed by atoms with E-state index in [9.17, 15) is 4.39 Å². The number of hydrogen-bond acceptors (Lipinski definition) is 1. The Bertz CT molecular complexity index is 226. The van der Waals surface area contributed by atoms with Gasteiger partial charge in [-0.15, -0.1) is 0 Å². The van der Waals surface area contributed by atoms with Gasteiger partial charge in [-0.2, -0.15) is 0 Å². The monoisotopic (exact) mass is 167 g/mol. The van der Waals surface area contributed by atoms with Gasteiger partial charge < -0.3 is 5.73 Å². The van der Waals surface area contributed by atoms with Crippen molar-refractivity contribution in [3.63, 3.8) is 0 Å². The number of halogens is 1. The molecule has 0 unspecified atom stereocenters. The van der Waals surface area contributed by atoms with Gasteiger partial charge in [0.1, 0.15) is 5.83 Å². The first-order valence-electron chi connectivity index (χ1n) is 4.25. The van der Waals surface area contributed by atoms with Gasteiger partial charge in [0.05, 0.1) is 0 Å². The van der Waals surface area contributed by atoms with Gasteiger partial charge in [0.25, 0.3) is 0 Å². The highest BCUT2D eigenvalue weighted by molar-refractivity contribution is 5.26. The highest BCUT2D eigenvalue weighted by Gasteiger charge is 1.97. The van der Waals surface area contributed by atoms with E-state index in [-0.39, 0.29) is 5.83 Å². The summed E-state index contributed by atoms with van der Waals surface area (Å²) < 4.78 is 12.6. The Hall–Kier alpha value is -0.890. The number of rotatable bonds is 3. The van der Waals surface area contributed by atoms with Crippen molar-refractivity contribution in [1.82, 2.24) is 0 Å². The van der Waals surface area contributed by atoms with E-state index >= 15 is 0 Å². The Labute approximate surface area is 72.5 Å². The number of allylic oxidation sites excluding steroid dienone is 6. The molecular formula is C10H14FN. The standard InChI is InChI=1S/C10H14FN/c11-10-5-1-3-9(6-7-10)4-2-8-12/h1,5-7H,2-4,8,12H2. The fourth-order valence-electron chi connectivity index (χ4n) is 1.16. The molecule has 0 radical (unpaired) electrons. The Morgan fingerprint density at radius 2 is 2.25 bits per heavy atom. The number of hydrogen-bond donors (Lipinski definition) is 1. The van der Waals surface area contributed by atoms with Crippen molar-refractivity contribution in [2.24, 2.45) is 5.73 Å². The predicted octanol–water partition coefficient (Wildman–Crippen LogP) is 2.47. The Kier molecular flexibility index (Phi) is 3.74.